The molecule has 2 heterocycles. The van der Waals surface area contributed by atoms with E-state index in [1.165, 1.54) is 6.08 Å². The highest BCUT2D eigenvalue weighted by Crippen LogP contribution is 2.69. The van der Waals surface area contributed by atoms with Gasteiger partial charge in [-0.1, -0.05) is 13.8 Å². The second-order valence-electron chi connectivity index (χ2n) is 8.04. The lowest BCUT2D eigenvalue weighted by Crippen LogP contribution is -2.54. The molecule has 5 atom stereocenters. The van der Waals surface area contributed by atoms with E-state index in [0.29, 0.717) is 11.5 Å². The Labute approximate surface area is 148 Å². The van der Waals surface area contributed by atoms with Crippen LogP contribution in [0.2, 0.25) is 0 Å². The molecule has 1 aromatic rings. The van der Waals surface area contributed by atoms with Gasteiger partial charge >= 0.3 is 5.97 Å². The van der Waals surface area contributed by atoms with Gasteiger partial charge in [0.1, 0.15) is 17.5 Å². The van der Waals surface area contributed by atoms with Crippen LogP contribution >= 0.6 is 0 Å². The first-order valence-corrected chi connectivity index (χ1v) is 9.08. The fraction of sp³-hybridized carbons (Fsp3) is 0.650. The standard InChI is InChI=1S/C20H26O5/c1-11(7-8-21)18(22)24-17-16-12(2)10-23-14(16)9-20-15(25-20)6-5-13(3)19(17,20)4/h7,10,13,15,17,21H,5-6,8-9H2,1-4H3. The Morgan fingerprint density at radius 2 is 2.24 bits per heavy atom. The molecule has 1 aromatic heterocycles. The van der Waals surface area contributed by atoms with Crippen LogP contribution in [-0.4, -0.2) is 29.4 Å². The molecule has 0 aromatic carbocycles. The molecule has 1 N–H and O–H groups in total. The van der Waals surface area contributed by atoms with Crippen LogP contribution in [0.1, 0.15) is 56.6 Å². The molecular formula is C20H26O5. The number of aryl methyl sites for hydroxylation is 1. The minimum atomic E-state index is -0.398. The average Bonchev–Trinajstić information content (AvgIpc) is 3.18. The molecule has 0 amide bonds. The maximum absolute atomic E-state index is 12.6. The molecule has 1 spiro atoms. The Balaban J connectivity index is 1.79. The van der Waals surface area contributed by atoms with Crippen LogP contribution in [0, 0.1) is 18.3 Å². The van der Waals surface area contributed by atoms with Gasteiger partial charge < -0.3 is 19.0 Å². The molecule has 1 aliphatic heterocycles. The number of rotatable bonds is 3. The van der Waals surface area contributed by atoms with E-state index in [-0.39, 0.29) is 29.7 Å². The predicted octanol–water partition coefficient (Wildman–Crippen LogP) is 3.24. The molecule has 4 rings (SSSR count). The van der Waals surface area contributed by atoms with Gasteiger partial charge in [-0.05, 0) is 44.2 Å². The first-order valence-electron chi connectivity index (χ1n) is 9.08. The Hall–Kier alpha value is -1.59. The Kier molecular flexibility index (Phi) is 3.68. The maximum Gasteiger partial charge on any atom is 0.334 e. The summed E-state index contributed by atoms with van der Waals surface area (Å²) in [7, 11) is 0. The monoisotopic (exact) mass is 346 g/mol. The Morgan fingerprint density at radius 3 is 2.96 bits per heavy atom. The van der Waals surface area contributed by atoms with Crippen molar-refractivity contribution in [2.45, 2.75) is 64.8 Å². The predicted molar refractivity (Wildman–Crippen MR) is 90.9 cm³/mol. The molecule has 25 heavy (non-hydrogen) atoms. The molecule has 5 unspecified atom stereocenters. The van der Waals surface area contributed by atoms with Crippen molar-refractivity contribution in [2.24, 2.45) is 11.3 Å². The summed E-state index contributed by atoms with van der Waals surface area (Å²) < 4.78 is 18.1. The Morgan fingerprint density at radius 1 is 1.48 bits per heavy atom. The van der Waals surface area contributed by atoms with Crippen molar-refractivity contribution in [3.63, 3.8) is 0 Å². The van der Waals surface area contributed by atoms with Crippen molar-refractivity contribution >= 4 is 5.97 Å². The molecule has 5 nitrogen and oxygen atoms in total. The van der Waals surface area contributed by atoms with E-state index < -0.39 is 6.10 Å². The normalized spacial score (nSPS) is 39.2. The summed E-state index contributed by atoms with van der Waals surface area (Å²) in [5, 5.41) is 9.07. The van der Waals surface area contributed by atoms with Gasteiger partial charge in [0.15, 0.2) is 0 Å². The molecule has 1 saturated heterocycles. The number of hydrogen-bond donors (Lipinski definition) is 1. The molecule has 1 saturated carbocycles. The zero-order valence-corrected chi connectivity index (χ0v) is 15.3. The number of ether oxygens (including phenoxy) is 2. The number of carbonyl (C=O) groups is 1. The van der Waals surface area contributed by atoms with E-state index in [1.807, 2.05) is 6.92 Å². The summed E-state index contributed by atoms with van der Waals surface area (Å²) in [6.07, 6.45) is 5.92. The highest BCUT2D eigenvalue weighted by Gasteiger charge is 2.75. The topological polar surface area (TPSA) is 72.2 Å². The SMILES string of the molecule is CC(=CCO)C(=O)OC1c2c(C)coc2CC23OC2CCC(C)C13C. The summed E-state index contributed by atoms with van der Waals surface area (Å²) in [6, 6.07) is 0. The lowest BCUT2D eigenvalue weighted by molar-refractivity contribution is -0.164. The molecular weight excluding hydrogens is 320 g/mol. The van der Waals surface area contributed by atoms with Crippen LogP contribution in [0.25, 0.3) is 0 Å². The Bertz CT molecular complexity index is 747. The molecule has 2 fully saturated rings. The second-order valence-corrected chi connectivity index (χ2v) is 8.04. The van der Waals surface area contributed by atoms with Crippen LogP contribution in [0.5, 0.6) is 0 Å². The fourth-order valence-corrected chi connectivity index (χ4v) is 5.07. The third-order valence-corrected chi connectivity index (χ3v) is 6.89. The second kappa shape index (κ2) is 5.45. The summed E-state index contributed by atoms with van der Waals surface area (Å²) in [4.78, 5) is 12.6. The van der Waals surface area contributed by atoms with Crippen molar-refractivity contribution in [1.29, 1.82) is 0 Å². The van der Waals surface area contributed by atoms with Gasteiger partial charge in [-0.25, -0.2) is 4.79 Å². The summed E-state index contributed by atoms with van der Waals surface area (Å²) in [5.74, 6) is 0.862. The highest BCUT2D eigenvalue weighted by molar-refractivity contribution is 5.88. The van der Waals surface area contributed by atoms with Gasteiger partial charge in [-0.15, -0.1) is 0 Å². The molecule has 0 radical (unpaired) electrons. The van der Waals surface area contributed by atoms with Gasteiger partial charge in [-0.3, -0.25) is 0 Å². The van der Waals surface area contributed by atoms with Gasteiger partial charge in [0.05, 0.1) is 19.0 Å². The average molecular weight is 346 g/mol. The minimum Gasteiger partial charge on any atom is -0.469 e. The first-order chi connectivity index (χ1) is 11.8. The van der Waals surface area contributed by atoms with E-state index in [2.05, 4.69) is 13.8 Å². The number of epoxide rings is 1. The third kappa shape index (κ3) is 2.12. The first kappa shape index (κ1) is 16.9. The van der Waals surface area contributed by atoms with Crippen molar-refractivity contribution in [2.75, 3.05) is 6.61 Å². The number of hydrogen-bond acceptors (Lipinski definition) is 5. The number of furan rings is 1. The van der Waals surface area contributed by atoms with Crippen LogP contribution in [-0.2, 0) is 20.7 Å². The molecule has 5 heteroatoms. The molecule has 3 aliphatic rings. The van der Waals surface area contributed by atoms with Crippen LogP contribution in [0.15, 0.2) is 22.3 Å². The smallest absolute Gasteiger partial charge is 0.334 e. The van der Waals surface area contributed by atoms with Crippen LogP contribution in [0.4, 0.5) is 0 Å². The quantitative estimate of drug-likeness (QED) is 0.517. The van der Waals surface area contributed by atoms with E-state index in [4.69, 9.17) is 19.0 Å². The fourth-order valence-electron chi connectivity index (χ4n) is 5.07. The zero-order valence-electron chi connectivity index (χ0n) is 15.3. The minimum absolute atomic E-state index is 0.176. The van der Waals surface area contributed by atoms with Crippen LogP contribution in [0.3, 0.4) is 0 Å². The van der Waals surface area contributed by atoms with E-state index in [9.17, 15) is 4.79 Å². The van der Waals surface area contributed by atoms with Gasteiger partial charge in [-0.2, -0.15) is 0 Å². The van der Waals surface area contributed by atoms with Gasteiger partial charge in [0.2, 0.25) is 0 Å². The largest absolute Gasteiger partial charge is 0.469 e. The third-order valence-electron chi connectivity index (χ3n) is 6.89. The molecule has 2 aliphatic carbocycles. The highest BCUT2D eigenvalue weighted by atomic mass is 16.6. The number of fused-ring (bicyclic) bond motifs is 1. The summed E-state index contributed by atoms with van der Waals surface area (Å²) in [6.45, 7) is 7.93. The number of aliphatic hydroxyl groups is 1. The maximum atomic E-state index is 12.6. The van der Waals surface area contributed by atoms with Crippen molar-refractivity contribution in [3.8, 4) is 0 Å². The number of carbonyl (C=O) groups excluding carboxylic acids is 1. The van der Waals surface area contributed by atoms with Gasteiger partial charge in [0.25, 0.3) is 0 Å². The molecule has 0 bridgehead atoms. The number of aliphatic hydroxyl groups excluding tert-OH is 1. The lowest BCUT2D eigenvalue weighted by atomic mass is 9.53. The van der Waals surface area contributed by atoms with E-state index >= 15 is 0 Å². The van der Waals surface area contributed by atoms with Gasteiger partial charge in [0, 0.05) is 23.0 Å². The van der Waals surface area contributed by atoms with E-state index in [1.54, 1.807) is 13.2 Å². The van der Waals surface area contributed by atoms with E-state index in [0.717, 1.165) is 36.1 Å². The zero-order chi connectivity index (χ0) is 18.0. The molecule has 136 valence electrons. The lowest BCUT2D eigenvalue weighted by Gasteiger charge is -2.50. The van der Waals surface area contributed by atoms with Crippen molar-refractivity contribution in [3.05, 3.63) is 34.8 Å². The van der Waals surface area contributed by atoms with Crippen molar-refractivity contribution in [1.82, 2.24) is 0 Å². The van der Waals surface area contributed by atoms with Crippen LogP contribution < -0.4 is 0 Å². The number of esters is 1. The summed E-state index contributed by atoms with van der Waals surface area (Å²) >= 11 is 0. The van der Waals surface area contributed by atoms with Crippen molar-refractivity contribution < 1.29 is 23.8 Å². The summed E-state index contributed by atoms with van der Waals surface area (Å²) in [5.41, 5.74) is 1.86.